The Morgan fingerprint density at radius 2 is 1.71 bits per heavy atom. The maximum absolute atomic E-state index is 12.1. The number of ether oxygens (including phenoxy) is 1. The van der Waals surface area contributed by atoms with Gasteiger partial charge in [0.25, 0.3) is 0 Å². The molecular formula is C24H32N2O2. The molecule has 2 aromatic rings. The van der Waals surface area contributed by atoms with Gasteiger partial charge in [0.2, 0.25) is 5.91 Å². The van der Waals surface area contributed by atoms with E-state index in [1.165, 1.54) is 32.1 Å². The van der Waals surface area contributed by atoms with E-state index in [1.54, 1.807) is 0 Å². The summed E-state index contributed by atoms with van der Waals surface area (Å²) in [6, 6.07) is 12.4. The molecule has 1 saturated heterocycles. The van der Waals surface area contributed by atoms with Gasteiger partial charge in [0.1, 0.15) is 5.75 Å². The van der Waals surface area contributed by atoms with Crippen molar-refractivity contribution >= 4 is 22.8 Å². The summed E-state index contributed by atoms with van der Waals surface area (Å²) >= 11 is 0. The smallest absolute Gasteiger partial charge is 0.249 e. The zero-order chi connectivity index (χ0) is 20.0. The van der Waals surface area contributed by atoms with Crippen molar-refractivity contribution in [1.82, 2.24) is 10.9 Å². The molecule has 0 bridgehead atoms. The number of carbonyl (C=O) groups excluding carboxylic acids is 1. The molecule has 0 radical (unpaired) electrons. The number of nitrogens with one attached hydrogen (secondary N) is 2. The highest BCUT2D eigenvalue weighted by atomic mass is 16.5. The molecule has 0 unspecified atom stereocenters. The zero-order valence-electron chi connectivity index (χ0n) is 17.3. The molecule has 4 heteroatoms. The summed E-state index contributed by atoms with van der Waals surface area (Å²) < 4.78 is 6.18. The van der Waals surface area contributed by atoms with Gasteiger partial charge < -0.3 is 10.2 Å². The van der Waals surface area contributed by atoms with E-state index in [9.17, 15) is 4.79 Å². The van der Waals surface area contributed by atoms with E-state index in [0.29, 0.717) is 6.61 Å². The number of hydrazine groups is 1. The molecule has 4 nitrogen and oxygen atoms in total. The summed E-state index contributed by atoms with van der Waals surface area (Å²) in [7, 11) is 0. The van der Waals surface area contributed by atoms with Crippen molar-refractivity contribution in [1.29, 1.82) is 0 Å². The van der Waals surface area contributed by atoms with Crippen LogP contribution < -0.4 is 15.6 Å². The van der Waals surface area contributed by atoms with Crippen LogP contribution in [0.4, 0.5) is 0 Å². The first kappa shape index (κ1) is 20.2. The van der Waals surface area contributed by atoms with Crippen LogP contribution in [0.15, 0.2) is 42.1 Å². The molecule has 2 N–H and O–H groups in total. The van der Waals surface area contributed by atoms with E-state index < -0.39 is 5.41 Å². The van der Waals surface area contributed by atoms with Crippen LogP contribution in [0.1, 0.15) is 64.9 Å². The number of fused-ring (bicyclic) bond motifs is 1. The van der Waals surface area contributed by atoms with Crippen molar-refractivity contribution in [2.24, 2.45) is 5.41 Å². The molecule has 28 heavy (non-hydrogen) atoms. The standard InChI is InChI=1S/C24H32N2O2/c1-4-5-6-7-8-11-16-28-21-15-14-18-12-9-10-13-19(18)20(21)17-22-24(2,3)23(27)26-25-22/h9-10,12-15,17,25H,4-8,11,16H2,1-3H3,(H,26,27)/b22-17-. The van der Waals surface area contributed by atoms with Crippen molar-refractivity contribution in [3.8, 4) is 5.75 Å². The van der Waals surface area contributed by atoms with Gasteiger partial charge in [-0.05, 0) is 43.2 Å². The highest BCUT2D eigenvalue weighted by Crippen LogP contribution is 2.35. The Kier molecular flexibility index (Phi) is 6.61. The monoisotopic (exact) mass is 380 g/mol. The Morgan fingerprint density at radius 1 is 0.964 bits per heavy atom. The quantitative estimate of drug-likeness (QED) is 0.558. The third-order valence-electron chi connectivity index (χ3n) is 5.53. The third-order valence-corrected chi connectivity index (χ3v) is 5.53. The molecule has 0 atom stereocenters. The summed E-state index contributed by atoms with van der Waals surface area (Å²) in [6.45, 7) is 6.81. The minimum Gasteiger partial charge on any atom is -0.493 e. The summed E-state index contributed by atoms with van der Waals surface area (Å²) in [5.41, 5.74) is 7.06. The molecule has 1 aliphatic rings. The number of hydrogen-bond acceptors (Lipinski definition) is 3. The number of carbonyl (C=O) groups is 1. The van der Waals surface area contributed by atoms with Crippen molar-refractivity contribution in [2.75, 3.05) is 6.61 Å². The first-order valence-corrected chi connectivity index (χ1v) is 10.5. The number of amides is 1. The molecule has 0 saturated carbocycles. The molecule has 2 aromatic carbocycles. The maximum atomic E-state index is 12.1. The fraction of sp³-hybridized carbons (Fsp3) is 0.458. The Balaban J connectivity index is 1.81. The van der Waals surface area contributed by atoms with E-state index in [0.717, 1.165) is 34.2 Å². The summed E-state index contributed by atoms with van der Waals surface area (Å²) in [6.07, 6.45) is 9.50. The average molecular weight is 381 g/mol. The lowest BCUT2D eigenvalue weighted by Crippen LogP contribution is -2.28. The highest BCUT2D eigenvalue weighted by Gasteiger charge is 2.38. The number of hydrogen-bond donors (Lipinski definition) is 2. The summed E-state index contributed by atoms with van der Waals surface area (Å²) in [5, 5.41) is 2.30. The Morgan fingerprint density at radius 3 is 2.46 bits per heavy atom. The van der Waals surface area contributed by atoms with Crippen LogP contribution in [-0.2, 0) is 4.79 Å². The van der Waals surface area contributed by atoms with Crippen LogP contribution >= 0.6 is 0 Å². The van der Waals surface area contributed by atoms with Crippen LogP contribution in [0.5, 0.6) is 5.75 Å². The van der Waals surface area contributed by atoms with Gasteiger partial charge in [0.15, 0.2) is 0 Å². The lowest BCUT2D eigenvalue weighted by Gasteiger charge is -2.17. The average Bonchev–Trinajstić information content (AvgIpc) is 2.95. The first-order chi connectivity index (χ1) is 13.5. The molecule has 1 amide bonds. The maximum Gasteiger partial charge on any atom is 0.249 e. The molecule has 0 aliphatic carbocycles. The summed E-state index contributed by atoms with van der Waals surface area (Å²) in [4.78, 5) is 12.1. The van der Waals surface area contributed by atoms with Gasteiger partial charge in [0, 0.05) is 11.3 Å². The Labute approximate surface area is 168 Å². The number of benzene rings is 2. The van der Waals surface area contributed by atoms with Crippen LogP contribution in [0.2, 0.25) is 0 Å². The number of unbranched alkanes of at least 4 members (excludes halogenated alkanes) is 5. The lowest BCUT2D eigenvalue weighted by atomic mass is 9.88. The molecule has 150 valence electrons. The van der Waals surface area contributed by atoms with Crippen LogP contribution in [0, 0.1) is 5.41 Å². The van der Waals surface area contributed by atoms with E-state index in [1.807, 2.05) is 32.0 Å². The van der Waals surface area contributed by atoms with Crippen LogP contribution in [-0.4, -0.2) is 12.5 Å². The lowest BCUT2D eigenvalue weighted by molar-refractivity contribution is -0.125. The van der Waals surface area contributed by atoms with E-state index in [2.05, 4.69) is 42.1 Å². The van der Waals surface area contributed by atoms with E-state index in [-0.39, 0.29) is 5.91 Å². The van der Waals surface area contributed by atoms with Gasteiger partial charge in [-0.2, -0.15) is 0 Å². The second-order valence-electron chi connectivity index (χ2n) is 8.08. The van der Waals surface area contributed by atoms with Crippen molar-refractivity contribution in [2.45, 2.75) is 59.3 Å². The normalized spacial score (nSPS) is 17.0. The second-order valence-corrected chi connectivity index (χ2v) is 8.08. The SMILES string of the molecule is CCCCCCCCOc1ccc2ccccc2c1/C=C1\NNC(=O)C1(C)C. The fourth-order valence-electron chi connectivity index (χ4n) is 3.53. The first-order valence-electron chi connectivity index (χ1n) is 10.5. The third kappa shape index (κ3) is 4.49. The van der Waals surface area contributed by atoms with Gasteiger partial charge in [-0.15, -0.1) is 0 Å². The van der Waals surface area contributed by atoms with Crippen LogP contribution in [0.3, 0.4) is 0 Å². The molecule has 3 rings (SSSR count). The largest absolute Gasteiger partial charge is 0.493 e. The molecular weight excluding hydrogens is 348 g/mol. The van der Waals surface area contributed by atoms with Crippen molar-refractivity contribution < 1.29 is 9.53 Å². The number of rotatable bonds is 9. The molecule has 1 aliphatic heterocycles. The topological polar surface area (TPSA) is 50.4 Å². The Hall–Kier alpha value is -2.49. The fourth-order valence-corrected chi connectivity index (χ4v) is 3.53. The minimum atomic E-state index is -0.590. The van der Waals surface area contributed by atoms with Crippen molar-refractivity contribution in [3.05, 3.63) is 47.7 Å². The second kappa shape index (κ2) is 9.13. The molecule has 1 fully saturated rings. The molecule has 0 aromatic heterocycles. The van der Waals surface area contributed by atoms with Gasteiger partial charge in [-0.3, -0.25) is 10.2 Å². The van der Waals surface area contributed by atoms with Crippen molar-refractivity contribution in [3.63, 3.8) is 0 Å². The summed E-state index contributed by atoms with van der Waals surface area (Å²) in [5.74, 6) is 0.852. The highest BCUT2D eigenvalue weighted by molar-refractivity contribution is 5.95. The van der Waals surface area contributed by atoms with Gasteiger partial charge in [0.05, 0.1) is 12.0 Å². The van der Waals surface area contributed by atoms with Gasteiger partial charge >= 0.3 is 0 Å². The predicted molar refractivity (Wildman–Crippen MR) is 116 cm³/mol. The predicted octanol–water partition coefficient (Wildman–Crippen LogP) is 5.58. The Bertz CT molecular complexity index is 855. The molecule has 1 heterocycles. The van der Waals surface area contributed by atoms with E-state index >= 15 is 0 Å². The van der Waals surface area contributed by atoms with Gasteiger partial charge in [-0.1, -0.05) is 69.4 Å². The van der Waals surface area contributed by atoms with Gasteiger partial charge in [-0.25, -0.2) is 0 Å². The van der Waals surface area contributed by atoms with E-state index in [4.69, 9.17) is 4.74 Å². The minimum absolute atomic E-state index is 0.0199. The van der Waals surface area contributed by atoms with Crippen LogP contribution in [0.25, 0.3) is 16.8 Å². The zero-order valence-corrected chi connectivity index (χ0v) is 17.3. The molecule has 0 spiro atoms.